The predicted octanol–water partition coefficient (Wildman–Crippen LogP) is 5.74. The molecule has 0 aliphatic carbocycles. The van der Waals surface area contributed by atoms with Gasteiger partial charge < -0.3 is 5.32 Å². The van der Waals surface area contributed by atoms with Crippen molar-refractivity contribution in [2.45, 2.75) is 65.3 Å². The number of benzene rings is 2. The van der Waals surface area contributed by atoms with Crippen LogP contribution in [0.15, 0.2) is 53.3 Å². The number of para-hydroxylation sites is 1. The van der Waals surface area contributed by atoms with Crippen LogP contribution in [0.5, 0.6) is 0 Å². The average Bonchev–Trinajstić information content (AvgIpc) is 2.78. The van der Waals surface area contributed by atoms with E-state index in [1.807, 2.05) is 36.4 Å². The van der Waals surface area contributed by atoms with Crippen LogP contribution in [0.2, 0.25) is 0 Å². The van der Waals surface area contributed by atoms with E-state index in [1.165, 1.54) is 4.68 Å². The van der Waals surface area contributed by atoms with Crippen LogP contribution in [0.25, 0.3) is 10.8 Å². The van der Waals surface area contributed by atoms with Gasteiger partial charge in [-0.25, -0.2) is 4.68 Å². The van der Waals surface area contributed by atoms with E-state index in [0.29, 0.717) is 28.9 Å². The maximum atomic E-state index is 13.2. The van der Waals surface area contributed by atoms with Crippen molar-refractivity contribution in [2.75, 3.05) is 5.32 Å². The lowest BCUT2D eigenvalue weighted by Crippen LogP contribution is -2.28. The molecule has 3 rings (SSSR count). The Morgan fingerprint density at radius 3 is 2.43 bits per heavy atom. The molecule has 158 valence electrons. The highest BCUT2D eigenvalue weighted by Gasteiger charge is 2.18. The zero-order valence-electron chi connectivity index (χ0n) is 18.1. The smallest absolute Gasteiger partial charge is 0.276 e. The van der Waals surface area contributed by atoms with Gasteiger partial charge in [0, 0.05) is 17.6 Å². The van der Waals surface area contributed by atoms with Gasteiger partial charge in [0.05, 0.1) is 5.39 Å². The van der Waals surface area contributed by atoms with Gasteiger partial charge in [-0.1, -0.05) is 76.4 Å². The Morgan fingerprint density at radius 2 is 1.70 bits per heavy atom. The van der Waals surface area contributed by atoms with Gasteiger partial charge in [-0.2, -0.15) is 5.10 Å². The van der Waals surface area contributed by atoms with Crippen LogP contribution in [0.3, 0.4) is 0 Å². The number of hydrogen-bond acceptors (Lipinski definition) is 3. The van der Waals surface area contributed by atoms with E-state index in [0.717, 1.165) is 43.4 Å². The molecule has 1 N–H and O–H groups in total. The molecule has 0 fully saturated rings. The number of nitrogens with one attached hydrogen (secondary N) is 1. The Labute approximate surface area is 178 Å². The molecule has 1 heterocycles. The van der Waals surface area contributed by atoms with Crippen molar-refractivity contribution >= 4 is 22.4 Å². The highest BCUT2D eigenvalue weighted by Crippen LogP contribution is 2.27. The molecule has 5 heteroatoms. The van der Waals surface area contributed by atoms with Crippen LogP contribution in [-0.4, -0.2) is 15.7 Å². The SMILES string of the molecule is CCCCCCn1nc(C(=O)Nc2ccccc2[C@@H](C)CC)c2ccccc2c1=O. The molecule has 30 heavy (non-hydrogen) atoms. The van der Waals surface area contributed by atoms with Crippen LogP contribution in [0.4, 0.5) is 5.69 Å². The van der Waals surface area contributed by atoms with Gasteiger partial charge in [-0.15, -0.1) is 0 Å². The van der Waals surface area contributed by atoms with Crippen molar-refractivity contribution in [3.8, 4) is 0 Å². The Balaban J connectivity index is 1.98. The number of anilines is 1. The molecular formula is C25H31N3O2. The first-order valence-electron chi connectivity index (χ1n) is 11.0. The van der Waals surface area contributed by atoms with Crippen LogP contribution in [0.1, 0.15) is 74.8 Å². The highest BCUT2D eigenvalue weighted by atomic mass is 16.2. The molecule has 3 aromatic rings. The lowest BCUT2D eigenvalue weighted by Gasteiger charge is -2.16. The third kappa shape index (κ3) is 4.78. The molecule has 0 saturated carbocycles. The minimum Gasteiger partial charge on any atom is -0.320 e. The topological polar surface area (TPSA) is 64.0 Å². The second-order valence-electron chi connectivity index (χ2n) is 7.83. The number of unbranched alkanes of at least 4 members (excludes halogenated alkanes) is 3. The van der Waals surface area contributed by atoms with Crippen LogP contribution < -0.4 is 10.9 Å². The number of nitrogens with zero attached hydrogens (tertiary/aromatic N) is 2. The van der Waals surface area contributed by atoms with Gasteiger partial charge in [0.25, 0.3) is 11.5 Å². The quantitative estimate of drug-likeness (QED) is 0.462. The predicted molar refractivity (Wildman–Crippen MR) is 123 cm³/mol. The molecular weight excluding hydrogens is 374 g/mol. The first kappa shape index (κ1) is 21.8. The highest BCUT2D eigenvalue weighted by molar-refractivity contribution is 6.11. The number of fused-ring (bicyclic) bond motifs is 1. The summed E-state index contributed by atoms with van der Waals surface area (Å²) in [6, 6.07) is 15.1. The third-order valence-electron chi connectivity index (χ3n) is 5.66. The standard InChI is InChI=1S/C25H31N3O2/c1-4-6-7-12-17-28-25(30)21-15-9-8-14-20(21)23(27-28)24(29)26-22-16-11-10-13-19(22)18(3)5-2/h8-11,13-16,18H,4-7,12,17H2,1-3H3,(H,26,29)/t18-/m0/s1. The minimum absolute atomic E-state index is 0.140. The summed E-state index contributed by atoms with van der Waals surface area (Å²) in [6.45, 7) is 6.95. The summed E-state index contributed by atoms with van der Waals surface area (Å²) in [6.07, 6.45) is 5.15. The third-order valence-corrected chi connectivity index (χ3v) is 5.66. The van der Waals surface area contributed by atoms with E-state index in [2.05, 4.69) is 31.2 Å². The molecule has 1 amide bonds. The van der Waals surface area contributed by atoms with E-state index in [9.17, 15) is 9.59 Å². The van der Waals surface area contributed by atoms with Crippen LogP contribution in [0, 0.1) is 0 Å². The first-order chi connectivity index (χ1) is 14.6. The first-order valence-corrected chi connectivity index (χ1v) is 11.0. The maximum Gasteiger partial charge on any atom is 0.276 e. The molecule has 0 spiro atoms. The lowest BCUT2D eigenvalue weighted by molar-refractivity contribution is 0.102. The molecule has 0 radical (unpaired) electrons. The fraction of sp³-hybridized carbons (Fsp3) is 0.400. The Kier molecular flexibility index (Phi) is 7.39. The number of aromatic nitrogens is 2. The molecule has 0 saturated heterocycles. The van der Waals surface area contributed by atoms with Gasteiger partial charge in [-0.3, -0.25) is 9.59 Å². The number of amides is 1. The fourth-order valence-electron chi connectivity index (χ4n) is 3.68. The molecule has 5 nitrogen and oxygen atoms in total. The van der Waals surface area contributed by atoms with Crippen molar-refractivity contribution in [1.82, 2.24) is 9.78 Å². The van der Waals surface area contributed by atoms with E-state index in [-0.39, 0.29) is 11.5 Å². The summed E-state index contributed by atoms with van der Waals surface area (Å²) >= 11 is 0. The molecule has 1 atom stereocenters. The molecule has 0 aliphatic rings. The summed E-state index contributed by atoms with van der Waals surface area (Å²) in [5, 5.41) is 8.64. The second kappa shape index (κ2) is 10.2. The van der Waals surface area contributed by atoms with Gasteiger partial charge >= 0.3 is 0 Å². The number of carbonyl (C=O) groups excluding carboxylic acids is 1. The summed E-state index contributed by atoms with van der Waals surface area (Å²) in [5.41, 5.74) is 2.05. The Bertz CT molecular complexity index is 1070. The van der Waals surface area contributed by atoms with E-state index < -0.39 is 0 Å². The van der Waals surface area contributed by atoms with E-state index in [1.54, 1.807) is 12.1 Å². The Morgan fingerprint density at radius 1 is 1.00 bits per heavy atom. The number of hydrogen-bond donors (Lipinski definition) is 1. The van der Waals surface area contributed by atoms with E-state index >= 15 is 0 Å². The van der Waals surface area contributed by atoms with Gasteiger partial charge in [0.2, 0.25) is 0 Å². The molecule has 1 aromatic heterocycles. The van der Waals surface area contributed by atoms with Crippen molar-refractivity contribution in [3.05, 3.63) is 70.1 Å². The van der Waals surface area contributed by atoms with Crippen LogP contribution in [-0.2, 0) is 6.54 Å². The van der Waals surface area contributed by atoms with Crippen molar-refractivity contribution in [2.24, 2.45) is 0 Å². The maximum absolute atomic E-state index is 13.2. The van der Waals surface area contributed by atoms with Crippen molar-refractivity contribution in [3.63, 3.8) is 0 Å². The molecule has 2 aromatic carbocycles. The summed E-state index contributed by atoms with van der Waals surface area (Å²) in [4.78, 5) is 26.1. The molecule has 0 aliphatic heterocycles. The fourth-order valence-corrected chi connectivity index (χ4v) is 3.68. The molecule has 0 unspecified atom stereocenters. The summed E-state index contributed by atoms with van der Waals surface area (Å²) in [7, 11) is 0. The van der Waals surface area contributed by atoms with Crippen molar-refractivity contribution < 1.29 is 4.79 Å². The second-order valence-corrected chi connectivity index (χ2v) is 7.83. The zero-order valence-corrected chi connectivity index (χ0v) is 18.1. The number of rotatable bonds is 9. The van der Waals surface area contributed by atoms with Crippen molar-refractivity contribution in [1.29, 1.82) is 0 Å². The van der Waals surface area contributed by atoms with Gasteiger partial charge in [0.1, 0.15) is 0 Å². The van der Waals surface area contributed by atoms with Gasteiger partial charge in [0.15, 0.2) is 5.69 Å². The Hall–Kier alpha value is -2.95. The number of carbonyl (C=O) groups is 1. The minimum atomic E-state index is -0.288. The summed E-state index contributed by atoms with van der Waals surface area (Å²) < 4.78 is 1.45. The average molecular weight is 406 g/mol. The summed E-state index contributed by atoms with van der Waals surface area (Å²) in [5.74, 6) is 0.0444. The van der Waals surface area contributed by atoms with Gasteiger partial charge in [-0.05, 0) is 36.5 Å². The molecule has 0 bridgehead atoms. The number of aryl methyl sites for hydroxylation is 1. The normalized spacial score (nSPS) is 12.1. The van der Waals surface area contributed by atoms with E-state index in [4.69, 9.17) is 0 Å². The zero-order chi connectivity index (χ0) is 21.5. The van der Waals surface area contributed by atoms with Crippen LogP contribution >= 0.6 is 0 Å². The largest absolute Gasteiger partial charge is 0.320 e. The monoisotopic (exact) mass is 405 g/mol. The lowest BCUT2D eigenvalue weighted by atomic mass is 9.97.